The summed E-state index contributed by atoms with van der Waals surface area (Å²) in [4.78, 5) is 0. The Kier molecular flexibility index (Phi) is 5.07. The van der Waals surface area contributed by atoms with E-state index in [1.54, 1.807) is 0 Å². The topological polar surface area (TPSA) is 18.5 Å². The van der Waals surface area contributed by atoms with Crippen LogP contribution in [0.3, 0.4) is 0 Å². The zero-order valence-electron chi connectivity index (χ0n) is 10.7. The molecule has 0 amide bonds. The van der Waals surface area contributed by atoms with Gasteiger partial charge in [-0.2, -0.15) is 0 Å². The summed E-state index contributed by atoms with van der Waals surface area (Å²) in [6.45, 7) is 9.30. The lowest BCUT2D eigenvalue weighted by molar-refractivity contribution is -0.140. The Morgan fingerprint density at radius 1 is 1.20 bits per heavy atom. The van der Waals surface area contributed by atoms with Gasteiger partial charge in [-0.3, -0.25) is 0 Å². The molecule has 0 aromatic carbocycles. The molecule has 0 bridgehead atoms. The molecule has 1 fully saturated rings. The minimum absolute atomic E-state index is 0.322. The molecule has 1 aliphatic heterocycles. The van der Waals surface area contributed by atoms with E-state index in [4.69, 9.17) is 9.47 Å². The molecule has 1 atom stereocenters. The molecule has 0 N–H and O–H groups in total. The van der Waals surface area contributed by atoms with Gasteiger partial charge in [-0.25, -0.2) is 0 Å². The van der Waals surface area contributed by atoms with Gasteiger partial charge in [0.25, 0.3) is 0 Å². The van der Waals surface area contributed by atoms with Crippen molar-refractivity contribution in [3.8, 4) is 0 Å². The van der Waals surface area contributed by atoms with Crippen LogP contribution in [0.25, 0.3) is 0 Å². The van der Waals surface area contributed by atoms with Gasteiger partial charge < -0.3 is 9.47 Å². The van der Waals surface area contributed by atoms with E-state index in [1.807, 2.05) is 13.8 Å². The van der Waals surface area contributed by atoms with Crippen molar-refractivity contribution in [3.63, 3.8) is 0 Å². The lowest BCUT2D eigenvalue weighted by Crippen LogP contribution is -2.22. The minimum atomic E-state index is -0.354. The van der Waals surface area contributed by atoms with Crippen molar-refractivity contribution in [1.29, 1.82) is 0 Å². The highest BCUT2D eigenvalue weighted by atomic mass is 16.7. The molecule has 1 saturated heterocycles. The first kappa shape index (κ1) is 13.0. The average Bonchev–Trinajstić information content (AvgIpc) is 2.46. The molecule has 90 valence electrons. The quantitative estimate of drug-likeness (QED) is 0.670. The van der Waals surface area contributed by atoms with Crippen LogP contribution < -0.4 is 0 Å². The van der Waals surface area contributed by atoms with Crippen LogP contribution in [0.15, 0.2) is 0 Å². The Bertz CT molecular complexity index is 171. The van der Waals surface area contributed by atoms with Crippen molar-refractivity contribution in [3.05, 3.63) is 0 Å². The van der Waals surface area contributed by atoms with Gasteiger partial charge in [0.05, 0.1) is 12.7 Å². The first-order valence-corrected chi connectivity index (χ1v) is 6.39. The Balaban J connectivity index is 2.32. The molecule has 0 aromatic rings. The molecule has 0 aliphatic carbocycles. The summed E-state index contributed by atoms with van der Waals surface area (Å²) < 4.78 is 11.4. The van der Waals surface area contributed by atoms with Crippen LogP contribution in [0.5, 0.6) is 0 Å². The van der Waals surface area contributed by atoms with E-state index >= 15 is 0 Å². The van der Waals surface area contributed by atoms with Crippen molar-refractivity contribution in [2.45, 2.75) is 71.7 Å². The SMILES string of the molecule is CCCC(CCC)C[C@H]1COC(C)(C)O1. The second-order valence-electron chi connectivity index (χ2n) is 5.13. The number of ether oxygens (including phenoxy) is 2. The Morgan fingerprint density at radius 2 is 1.80 bits per heavy atom. The largest absolute Gasteiger partial charge is 0.348 e. The highest BCUT2D eigenvalue weighted by Gasteiger charge is 2.33. The Hall–Kier alpha value is -0.0800. The molecule has 1 aliphatic rings. The smallest absolute Gasteiger partial charge is 0.163 e. The van der Waals surface area contributed by atoms with Gasteiger partial charge in [-0.1, -0.05) is 39.5 Å². The van der Waals surface area contributed by atoms with E-state index in [9.17, 15) is 0 Å². The van der Waals surface area contributed by atoms with Crippen molar-refractivity contribution in [2.24, 2.45) is 5.92 Å². The fourth-order valence-electron chi connectivity index (χ4n) is 2.45. The van der Waals surface area contributed by atoms with Gasteiger partial charge in [-0.05, 0) is 26.2 Å². The Labute approximate surface area is 94.3 Å². The molecular weight excluding hydrogens is 188 g/mol. The summed E-state index contributed by atoms with van der Waals surface area (Å²) in [5.41, 5.74) is 0. The van der Waals surface area contributed by atoms with E-state index in [0.29, 0.717) is 6.10 Å². The summed E-state index contributed by atoms with van der Waals surface area (Å²) in [5.74, 6) is 0.468. The zero-order chi connectivity index (χ0) is 11.3. The number of hydrogen-bond acceptors (Lipinski definition) is 2. The summed E-state index contributed by atoms with van der Waals surface area (Å²) in [6.07, 6.45) is 6.71. The molecule has 0 unspecified atom stereocenters. The first-order chi connectivity index (χ1) is 7.07. The maximum absolute atomic E-state index is 5.85. The summed E-state index contributed by atoms with van der Waals surface area (Å²) in [5, 5.41) is 0. The van der Waals surface area contributed by atoms with Gasteiger partial charge in [0.2, 0.25) is 0 Å². The van der Waals surface area contributed by atoms with Crippen LogP contribution >= 0.6 is 0 Å². The van der Waals surface area contributed by atoms with Crippen LogP contribution in [0, 0.1) is 5.92 Å². The van der Waals surface area contributed by atoms with Crippen LogP contribution in [0.4, 0.5) is 0 Å². The van der Waals surface area contributed by atoms with E-state index in [2.05, 4.69) is 13.8 Å². The third kappa shape index (κ3) is 4.52. The predicted octanol–water partition coefficient (Wildman–Crippen LogP) is 3.74. The van der Waals surface area contributed by atoms with Crippen molar-refractivity contribution < 1.29 is 9.47 Å². The van der Waals surface area contributed by atoms with Crippen molar-refractivity contribution in [1.82, 2.24) is 0 Å². The van der Waals surface area contributed by atoms with Crippen molar-refractivity contribution >= 4 is 0 Å². The van der Waals surface area contributed by atoms with Crippen LogP contribution in [-0.4, -0.2) is 18.5 Å². The minimum Gasteiger partial charge on any atom is -0.348 e. The average molecular weight is 214 g/mol. The fourth-order valence-corrected chi connectivity index (χ4v) is 2.45. The number of rotatable bonds is 6. The lowest BCUT2D eigenvalue weighted by Gasteiger charge is -2.21. The summed E-state index contributed by atoms with van der Waals surface area (Å²) >= 11 is 0. The highest BCUT2D eigenvalue weighted by Crippen LogP contribution is 2.29. The van der Waals surface area contributed by atoms with Gasteiger partial charge >= 0.3 is 0 Å². The molecule has 2 nitrogen and oxygen atoms in total. The molecule has 0 radical (unpaired) electrons. The molecule has 0 spiro atoms. The monoisotopic (exact) mass is 214 g/mol. The van der Waals surface area contributed by atoms with Gasteiger partial charge in [-0.15, -0.1) is 0 Å². The normalized spacial score (nSPS) is 25.0. The fraction of sp³-hybridized carbons (Fsp3) is 1.00. The van der Waals surface area contributed by atoms with Gasteiger partial charge in [0, 0.05) is 0 Å². The number of hydrogen-bond donors (Lipinski definition) is 0. The molecule has 1 rings (SSSR count). The van der Waals surface area contributed by atoms with Crippen LogP contribution in [0.1, 0.15) is 59.8 Å². The second kappa shape index (κ2) is 5.86. The summed E-state index contributed by atoms with van der Waals surface area (Å²) in [6, 6.07) is 0. The molecule has 2 heteroatoms. The highest BCUT2D eigenvalue weighted by molar-refractivity contribution is 4.74. The van der Waals surface area contributed by atoms with Gasteiger partial charge in [0.15, 0.2) is 5.79 Å². The van der Waals surface area contributed by atoms with Crippen LogP contribution in [0.2, 0.25) is 0 Å². The van der Waals surface area contributed by atoms with Gasteiger partial charge in [0.1, 0.15) is 0 Å². The van der Waals surface area contributed by atoms with Crippen molar-refractivity contribution in [2.75, 3.05) is 6.61 Å². The van der Waals surface area contributed by atoms with Crippen LogP contribution in [-0.2, 0) is 9.47 Å². The van der Waals surface area contributed by atoms with E-state index in [-0.39, 0.29) is 5.79 Å². The zero-order valence-corrected chi connectivity index (χ0v) is 10.7. The molecule has 1 heterocycles. The van der Waals surface area contributed by atoms with E-state index < -0.39 is 0 Å². The standard InChI is InChI=1S/C13H26O2/c1-5-7-11(8-6-2)9-12-10-14-13(3,4)15-12/h11-12H,5-10H2,1-4H3/t12-/m0/s1. The maximum Gasteiger partial charge on any atom is 0.163 e. The molecular formula is C13H26O2. The lowest BCUT2D eigenvalue weighted by atomic mass is 9.92. The third-order valence-electron chi connectivity index (χ3n) is 3.06. The summed E-state index contributed by atoms with van der Waals surface area (Å²) in [7, 11) is 0. The molecule has 15 heavy (non-hydrogen) atoms. The second-order valence-corrected chi connectivity index (χ2v) is 5.13. The molecule has 0 aromatic heterocycles. The third-order valence-corrected chi connectivity index (χ3v) is 3.06. The predicted molar refractivity (Wildman–Crippen MR) is 62.8 cm³/mol. The maximum atomic E-state index is 5.85. The first-order valence-electron chi connectivity index (χ1n) is 6.39. The van der Waals surface area contributed by atoms with E-state index in [1.165, 1.54) is 32.1 Å². The van der Waals surface area contributed by atoms with E-state index in [0.717, 1.165) is 12.5 Å². The Morgan fingerprint density at radius 3 is 2.20 bits per heavy atom. The molecule has 0 saturated carbocycles.